The first-order chi connectivity index (χ1) is 14.0. The standard InChI is InChI=1S/C20H13F3N4O2/c21-13-4-1-5-14(12-13)27-16(9-10-24-27)15-6-3-11-26(25-15)17-7-2-8-18-19(17)29-20(22,23)28-18/h1-5,7-12H,6H2. The van der Waals surface area contributed by atoms with Crippen molar-refractivity contribution >= 4 is 11.4 Å². The van der Waals surface area contributed by atoms with Crippen molar-refractivity contribution < 1.29 is 22.6 Å². The van der Waals surface area contributed by atoms with Gasteiger partial charge in [-0.3, -0.25) is 0 Å². The van der Waals surface area contributed by atoms with Crippen molar-refractivity contribution in [3.05, 3.63) is 78.5 Å². The van der Waals surface area contributed by atoms with E-state index in [2.05, 4.69) is 19.7 Å². The Hall–Kier alpha value is -3.75. The third-order valence-electron chi connectivity index (χ3n) is 4.43. The lowest BCUT2D eigenvalue weighted by molar-refractivity contribution is -0.286. The van der Waals surface area contributed by atoms with Gasteiger partial charge in [0.1, 0.15) is 11.5 Å². The highest BCUT2D eigenvalue weighted by Gasteiger charge is 2.45. The summed E-state index contributed by atoms with van der Waals surface area (Å²) >= 11 is 0. The van der Waals surface area contributed by atoms with Crippen molar-refractivity contribution in [2.45, 2.75) is 12.7 Å². The number of hydrogen-bond acceptors (Lipinski definition) is 5. The minimum absolute atomic E-state index is 0.0620. The van der Waals surface area contributed by atoms with Crippen LogP contribution in [0.4, 0.5) is 18.9 Å². The Morgan fingerprint density at radius 3 is 2.76 bits per heavy atom. The van der Waals surface area contributed by atoms with E-state index in [1.807, 2.05) is 6.08 Å². The molecule has 1 aromatic heterocycles. The number of rotatable bonds is 3. The summed E-state index contributed by atoms with van der Waals surface area (Å²) in [7, 11) is 0. The van der Waals surface area contributed by atoms with Crippen LogP contribution >= 0.6 is 0 Å². The van der Waals surface area contributed by atoms with Crippen LogP contribution in [0.2, 0.25) is 0 Å². The van der Waals surface area contributed by atoms with E-state index in [1.54, 1.807) is 47.4 Å². The first-order valence-corrected chi connectivity index (χ1v) is 8.73. The molecular formula is C20H13F3N4O2. The highest BCUT2D eigenvalue weighted by molar-refractivity contribution is 6.01. The van der Waals surface area contributed by atoms with Gasteiger partial charge < -0.3 is 9.47 Å². The lowest BCUT2D eigenvalue weighted by Crippen LogP contribution is -2.26. The minimum atomic E-state index is -3.72. The quantitative estimate of drug-likeness (QED) is 0.654. The number of hydrazone groups is 1. The first-order valence-electron chi connectivity index (χ1n) is 8.73. The van der Waals surface area contributed by atoms with Crippen LogP contribution in [0.15, 0.2) is 72.1 Å². The van der Waals surface area contributed by atoms with Gasteiger partial charge in [0.15, 0.2) is 11.5 Å². The van der Waals surface area contributed by atoms with Crippen LogP contribution < -0.4 is 14.5 Å². The van der Waals surface area contributed by atoms with Gasteiger partial charge in [-0.25, -0.2) is 14.1 Å². The molecule has 0 radical (unpaired) electrons. The van der Waals surface area contributed by atoms with Crippen molar-refractivity contribution in [2.75, 3.05) is 5.01 Å². The predicted octanol–water partition coefficient (Wildman–Crippen LogP) is 4.46. The number of nitrogens with zero attached hydrogens (tertiary/aromatic N) is 4. The van der Waals surface area contributed by atoms with Crippen LogP contribution in [0, 0.1) is 5.82 Å². The van der Waals surface area contributed by atoms with Gasteiger partial charge in [-0.1, -0.05) is 18.2 Å². The number of fused-ring (bicyclic) bond motifs is 1. The maximum Gasteiger partial charge on any atom is 0.586 e. The Labute approximate surface area is 163 Å². The zero-order valence-electron chi connectivity index (χ0n) is 14.8. The van der Waals surface area contributed by atoms with E-state index in [1.165, 1.54) is 23.2 Å². The van der Waals surface area contributed by atoms with E-state index in [4.69, 9.17) is 0 Å². The number of allylic oxidation sites excluding steroid dienone is 1. The highest BCUT2D eigenvalue weighted by Crippen LogP contribution is 2.47. The van der Waals surface area contributed by atoms with Crippen molar-refractivity contribution in [1.82, 2.24) is 9.78 Å². The maximum atomic E-state index is 13.6. The molecule has 0 bridgehead atoms. The number of halogens is 3. The van der Waals surface area contributed by atoms with Crippen LogP contribution in [-0.2, 0) is 0 Å². The van der Waals surface area contributed by atoms with Gasteiger partial charge in [-0.15, -0.1) is 8.78 Å². The van der Waals surface area contributed by atoms with Crippen LogP contribution in [0.3, 0.4) is 0 Å². The molecule has 0 atom stereocenters. The molecule has 0 fully saturated rings. The molecule has 146 valence electrons. The van der Waals surface area contributed by atoms with Gasteiger partial charge in [0.05, 0.1) is 23.3 Å². The van der Waals surface area contributed by atoms with E-state index < -0.39 is 6.29 Å². The van der Waals surface area contributed by atoms with Gasteiger partial charge in [-0.05, 0) is 36.4 Å². The molecule has 0 unspecified atom stereocenters. The Morgan fingerprint density at radius 1 is 1.03 bits per heavy atom. The molecule has 2 aliphatic heterocycles. The normalized spacial score (nSPS) is 16.8. The highest BCUT2D eigenvalue weighted by atomic mass is 19.3. The second-order valence-corrected chi connectivity index (χ2v) is 6.36. The Bertz CT molecular complexity index is 1160. The second kappa shape index (κ2) is 6.40. The van der Waals surface area contributed by atoms with Gasteiger partial charge in [-0.2, -0.15) is 10.2 Å². The first kappa shape index (κ1) is 17.4. The fourth-order valence-electron chi connectivity index (χ4n) is 3.23. The number of para-hydroxylation sites is 1. The fourth-order valence-corrected chi connectivity index (χ4v) is 3.23. The molecule has 0 amide bonds. The molecule has 0 aliphatic carbocycles. The Morgan fingerprint density at radius 2 is 1.90 bits per heavy atom. The summed E-state index contributed by atoms with van der Waals surface area (Å²) in [5, 5.41) is 10.3. The average molecular weight is 398 g/mol. The number of benzene rings is 2. The molecule has 5 rings (SSSR count). The topological polar surface area (TPSA) is 51.9 Å². The number of aromatic nitrogens is 2. The summed E-state index contributed by atoms with van der Waals surface area (Å²) in [6.07, 6.45) is 1.84. The zero-order valence-corrected chi connectivity index (χ0v) is 14.8. The number of alkyl halides is 2. The smallest absolute Gasteiger partial charge is 0.395 e. The SMILES string of the molecule is Fc1cccc(-n2nccc2C2=NN(c3cccc4c3OC(F)(F)O4)C=CC2)c1. The molecule has 3 heterocycles. The van der Waals surface area contributed by atoms with Crippen LogP contribution in [0.25, 0.3) is 5.69 Å². The van der Waals surface area contributed by atoms with E-state index in [0.717, 1.165) is 0 Å². The van der Waals surface area contributed by atoms with Crippen molar-refractivity contribution in [2.24, 2.45) is 5.10 Å². The van der Waals surface area contributed by atoms with E-state index in [-0.39, 0.29) is 17.3 Å². The maximum absolute atomic E-state index is 13.6. The van der Waals surface area contributed by atoms with E-state index in [9.17, 15) is 13.2 Å². The lowest BCUT2D eigenvalue weighted by Gasteiger charge is -2.21. The molecule has 3 aromatic rings. The van der Waals surface area contributed by atoms with Crippen molar-refractivity contribution in [3.8, 4) is 17.2 Å². The Kier molecular flexibility index (Phi) is 3.83. The molecular weight excluding hydrogens is 385 g/mol. The summed E-state index contributed by atoms with van der Waals surface area (Å²) in [6, 6.07) is 12.4. The molecule has 6 nitrogen and oxygen atoms in total. The molecule has 0 spiro atoms. The molecule has 9 heteroatoms. The molecule has 2 aromatic carbocycles. The van der Waals surface area contributed by atoms with Crippen LogP contribution in [0.1, 0.15) is 12.1 Å². The summed E-state index contributed by atoms with van der Waals surface area (Å²) in [5.74, 6) is -0.534. The van der Waals surface area contributed by atoms with Gasteiger partial charge >= 0.3 is 6.29 Å². The molecule has 0 saturated carbocycles. The van der Waals surface area contributed by atoms with Gasteiger partial charge in [0.25, 0.3) is 0 Å². The number of ether oxygens (including phenoxy) is 2. The van der Waals surface area contributed by atoms with Gasteiger partial charge in [0, 0.05) is 12.6 Å². The molecule has 2 aliphatic rings. The second-order valence-electron chi connectivity index (χ2n) is 6.36. The summed E-state index contributed by atoms with van der Waals surface area (Å²) < 4.78 is 51.4. The lowest BCUT2D eigenvalue weighted by atomic mass is 10.1. The summed E-state index contributed by atoms with van der Waals surface area (Å²) in [5.41, 5.74) is 2.13. The largest absolute Gasteiger partial charge is 0.586 e. The third-order valence-corrected chi connectivity index (χ3v) is 4.43. The van der Waals surface area contributed by atoms with Crippen molar-refractivity contribution in [1.29, 1.82) is 0 Å². The fraction of sp³-hybridized carbons (Fsp3) is 0.100. The average Bonchev–Trinajstić information content (AvgIpc) is 3.30. The van der Waals surface area contributed by atoms with Crippen LogP contribution in [-0.4, -0.2) is 21.8 Å². The number of hydrogen-bond donors (Lipinski definition) is 0. The summed E-state index contributed by atoms with van der Waals surface area (Å²) in [6.45, 7) is 0. The number of anilines is 1. The monoisotopic (exact) mass is 398 g/mol. The molecule has 29 heavy (non-hydrogen) atoms. The zero-order chi connectivity index (χ0) is 20.0. The molecule has 0 saturated heterocycles. The van der Waals surface area contributed by atoms with E-state index in [0.29, 0.717) is 29.2 Å². The third kappa shape index (κ3) is 3.10. The van der Waals surface area contributed by atoms with Gasteiger partial charge in [0.2, 0.25) is 0 Å². The Balaban J connectivity index is 1.53. The predicted molar refractivity (Wildman–Crippen MR) is 98.9 cm³/mol. The minimum Gasteiger partial charge on any atom is -0.395 e. The van der Waals surface area contributed by atoms with Crippen molar-refractivity contribution in [3.63, 3.8) is 0 Å². The summed E-state index contributed by atoms with van der Waals surface area (Å²) in [4.78, 5) is 0. The molecule has 0 N–H and O–H groups in total. The van der Waals surface area contributed by atoms with E-state index >= 15 is 0 Å². The van der Waals surface area contributed by atoms with Crippen LogP contribution in [0.5, 0.6) is 11.5 Å².